The summed E-state index contributed by atoms with van der Waals surface area (Å²) in [6.45, 7) is 2.10. The van der Waals surface area contributed by atoms with Crippen molar-refractivity contribution in [1.82, 2.24) is 10.6 Å². The number of rotatable bonds is 7. The van der Waals surface area contributed by atoms with Gasteiger partial charge in [0.15, 0.2) is 5.96 Å². The lowest BCUT2D eigenvalue weighted by Crippen LogP contribution is -2.38. The minimum absolute atomic E-state index is 0.111. The van der Waals surface area contributed by atoms with Crippen molar-refractivity contribution in [3.05, 3.63) is 29.8 Å². The topological polar surface area (TPSA) is 82.6 Å². The highest BCUT2D eigenvalue weighted by Gasteiger charge is 2.26. The van der Waals surface area contributed by atoms with Crippen molar-refractivity contribution in [3.8, 4) is 0 Å². The Kier molecular flexibility index (Phi) is 7.33. The molecule has 0 spiro atoms. The average molecular weight is 366 g/mol. The number of halogens is 3. The third kappa shape index (κ3) is 8.61. The number of aliphatic imine (C=N–C) groups is 1. The lowest BCUT2D eigenvalue weighted by Gasteiger charge is -2.13. The molecule has 10 heteroatoms. The maximum atomic E-state index is 12.2. The molecule has 0 fully saturated rings. The molecule has 3 N–H and O–H groups in total. The summed E-state index contributed by atoms with van der Waals surface area (Å²) in [6.07, 6.45) is -4.17. The molecule has 0 aliphatic carbocycles. The minimum atomic E-state index is -4.24. The second-order valence-corrected chi connectivity index (χ2v) is 6.77. The zero-order chi connectivity index (χ0) is 18.2. The second kappa shape index (κ2) is 8.76. The summed E-state index contributed by atoms with van der Waals surface area (Å²) >= 11 is 0. The van der Waals surface area contributed by atoms with E-state index in [0.717, 1.165) is 6.26 Å². The fourth-order valence-corrected chi connectivity index (χ4v) is 2.38. The molecule has 1 aromatic rings. The molecule has 1 aromatic carbocycles. The van der Waals surface area contributed by atoms with Crippen molar-refractivity contribution >= 4 is 21.7 Å². The van der Waals surface area contributed by atoms with Crippen molar-refractivity contribution in [1.29, 1.82) is 0 Å². The van der Waals surface area contributed by atoms with Gasteiger partial charge in [0.1, 0.15) is 0 Å². The van der Waals surface area contributed by atoms with E-state index in [0.29, 0.717) is 17.8 Å². The molecule has 0 bridgehead atoms. The molecule has 136 valence electrons. The number of benzene rings is 1. The third-order valence-corrected chi connectivity index (χ3v) is 3.36. The van der Waals surface area contributed by atoms with E-state index in [1.54, 1.807) is 31.2 Å². The monoisotopic (exact) mass is 366 g/mol. The van der Waals surface area contributed by atoms with Crippen LogP contribution in [0.5, 0.6) is 0 Å². The second-order valence-electron chi connectivity index (χ2n) is 5.02. The summed E-state index contributed by atoms with van der Waals surface area (Å²) in [5.74, 6) is 0.232. The van der Waals surface area contributed by atoms with Crippen molar-refractivity contribution < 1.29 is 21.6 Å². The van der Waals surface area contributed by atoms with Crippen LogP contribution in [0, 0.1) is 0 Å². The number of guanidine groups is 1. The number of anilines is 1. The van der Waals surface area contributed by atoms with Crippen molar-refractivity contribution in [2.24, 2.45) is 4.99 Å². The van der Waals surface area contributed by atoms with E-state index in [-0.39, 0.29) is 19.0 Å². The Balaban J connectivity index is 2.79. The third-order valence-electron chi connectivity index (χ3n) is 2.77. The van der Waals surface area contributed by atoms with Crippen LogP contribution in [0.3, 0.4) is 0 Å². The molecular weight excluding hydrogens is 345 g/mol. The SMILES string of the molecule is CCNC(=NCc1ccccc1NS(C)(=O)=O)NCCC(F)(F)F. The highest BCUT2D eigenvalue weighted by molar-refractivity contribution is 7.92. The van der Waals surface area contributed by atoms with Crippen LogP contribution in [0.4, 0.5) is 18.9 Å². The first-order valence-electron chi connectivity index (χ1n) is 7.25. The Morgan fingerprint density at radius 3 is 2.46 bits per heavy atom. The standard InChI is InChI=1S/C14H21F3N4O2S/c1-3-18-13(19-9-8-14(15,16)17)20-10-11-6-4-5-7-12(11)21-24(2,22)23/h4-7,21H,3,8-10H2,1-2H3,(H2,18,19,20). The number of hydrogen-bond acceptors (Lipinski definition) is 3. The number of alkyl halides is 3. The Hall–Kier alpha value is -1.97. The normalized spacial score (nSPS) is 12.8. The van der Waals surface area contributed by atoms with Crippen LogP contribution < -0.4 is 15.4 Å². The number of nitrogens with one attached hydrogen (secondary N) is 3. The van der Waals surface area contributed by atoms with Gasteiger partial charge in [0, 0.05) is 13.1 Å². The number of nitrogens with zero attached hydrogens (tertiary/aromatic N) is 1. The van der Waals surface area contributed by atoms with Crippen molar-refractivity contribution in [2.45, 2.75) is 26.1 Å². The van der Waals surface area contributed by atoms with Gasteiger partial charge in [-0.1, -0.05) is 18.2 Å². The van der Waals surface area contributed by atoms with E-state index in [4.69, 9.17) is 0 Å². The smallest absolute Gasteiger partial charge is 0.357 e. The van der Waals surface area contributed by atoms with Gasteiger partial charge < -0.3 is 10.6 Å². The van der Waals surface area contributed by atoms with E-state index >= 15 is 0 Å². The van der Waals surface area contributed by atoms with Crippen LogP contribution in [0.1, 0.15) is 18.9 Å². The van der Waals surface area contributed by atoms with E-state index in [1.165, 1.54) is 0 Å². The van der Waals surface area contributed by atoms with Gasteiger partial charge >= 0.3 is 6.18 Å². The highest BCUT2D eigenvalue weighted by Crippen LogP contribution is 2.18. The first-order chi connectivity index (χ1) is 11.1. The van der Waals surface area contributed by atoms with Crippen LogP contribution >= 0.6 is 0 Å². The molecule has 1 rings (SSSR count). The summed E-state index contributed by atoms with van der Waals surface area (Å²) in [7, 11) is -3.43. The lowest BCUT2D eigenvalue weighted by molar-refractivity contribution is -0.132. The highest BCUT2D eigenvalue weighted by atomic mass is 32.2. The average Bonchev–Trinajstić information content (AvgIpc) is 2.43. The van der Waals surface area contributed by atoms with Gasteiger partial charge in [-0.3, -0.25) is 4.72 Å². The summed E-state index contributed by atoms with van der Waals surface area (Å²) in [6, 6.07) is 6.68. The number of sulfonamides is 1. The van der Waals surface area contributed by atoms with Crippen LogP contribution in [0.2, 0.25) is 0 Å². The predicted octanol–water partition coefficient (Wildman–Crippen LogP) is 2.07. The fourth-order valence-electron chi connectivity index (χ4n) is 1.79. The molecule has 0 amide bonds. The Morgan fingerprint density at radius 1 is 1.21 bits per heavy atom. The molecule has 0 saturated heterocycles. The zero-order valence-corrected chi connectivity index (χ0v) is 14.3. The van der Waals surface area contributed by atoms with Crippen LogP contribution in [-0.4, -0.2) is 39.9 Å². The molecule has 6 nitrogen and oxygen atoms in total. The Morgan fingerprint density at radius 2 is 1.88 bits per heavy atom. The molecule has 0 unspecified atom stereocenters. The van der Waals surface area contributed by atoms with Gasteiger partial charge in [-0.15, -0.1) is 0 Å². The van der Waals surface area contributed by atoms with Crippen LogP contribution in [0.15, 0.2) is 29.3 Å². The summed E-state index contributed by atoms with van der Waals surface area (Å²) in [5.41, 5.74) is 0.992. The summed E-state index contributed by atoms with van der Waals surface area (Å²) in [4.78, 5) is 4.19. The lowest BCUT2D eigenvalue weighted by atomic mass is 10.2. The maximum absolute atomic E-state index is 12.2. The van der Waals surface area contributed by atoms with Gasteiger partial charge in [0.2, 0.25) is 10.0 Å². The molecule has 0 atom stereocenters. The molecule has 0 radical (unpaired) electrons. The van der Waals surface area contributed by atoms with Gasteiger partial charge in [-0.05, 0) is 18.6 Å². The molecular formula is C14H21F3N4O2S. The van der Waals surface area contributed by atoms with Crippen LogP contribution in [0.25, 0.3) is 0 Å². The Bertz CT molecular complexity index is 660. The summed E-state index contributed by atoms with van der Waals surface area (Å²) in [5, 5.41) is 5.44. The molecule has 0 saturated carbocycles. The molecule has 24 heavy (non-hydrogen) atoms. The molecule has 0 aliphatic rings. The summed E-state index contributed by atoms with van der Waals surface area (Å²) < 4.78 is 61.6. The minimum Gasteiger partial charge on any atom is -0.357 e. The van der Waals surface area contributed by atoms with Gasteiger partial charge in [0.05, 0.1) is 24.9 Å². The molecule has 0 heterocycles. The number of para-hydroxylation sites is 1. The fraction of sp³-hybridized carbons (Fsp3) is 0.500. The van der Waals surface area contributed by atoms with Gasteiger partial charge in [-0.2, -0.15) is 13.2 Å². The predicted molar refractivity (Wildman–Crippen MR) is 88.4 cm³/mol. The van der Waals surface area contributed by atoms with E-state index in [1.807, 2.05) is 0 Å². The largest absolute Gasteiger partial charge is 0.390 e. The quantitative estimate of drug-likeness (QED) is 0.510. The van der Waals surface area contributed by atoms with Crippen molar-refractivity contribution in [2.75, 3.05) is 24.1 Å². The van der Waals surface area contributed by atoms with Crippen LogP contribution in [-0.2, 0) is 16.6 Å². The van der Waals surface area contributed by atoms with E-state index in [2.05, 4.69) is 20.3 Å². The maximum Gasteiger partial charge on any atom is 0.390 e. The molecule has 0 aromatic heterocycles. The first kappa shape index (κ1) is 20.1. The van der Waals surface area contributed by atoms with Gasteiger partial charge in [-0.25, -0.2) is 13.4 Å². The first-order valence-corrected chi connectivity index (χ1v) is 9.14. The van der Waals surface area contributed by atoms with E-state index < -0.39 is 22.6 Å². The Labute approximate surface area is 139 Å². The molecule has 0 aliphatic heterocycles. The van der Waals surface area contributed by atoms with Gasteiger partial charge in [0.25, 0.3) is 0 Å². The zero-order valence-electron chi connectivity index (χ0n) is 13.4. The van der Waals surface area contributed by atoms with Crippen molar-refractivity contribution in [3.63, 3.8) is 0 Å². The van der Waals surface area contributed by atoms with E-state index in [9.17, 15) is 21.6 Å². The number of hydrogen-bond donors (Lipinski definition) is 3.